The van der Waals surface area contributed by atoms with E-state index in [2.05, 4.69) is 15.3 Å². The van der Waals surface area contributed by atoms with Gasteiger partial charge in [-0.1, -0.05) is 12.1 Å². The first-order valence-corrected chi connectivity index (χ1v) is 6.03. The molecule has 0 amide bonds. The molecule has 0 aliphatic heterocycles. The molecule has 1 aromatic heterocycles. The van der Waals surface area contributed by atoms with Crippen molar-refractivity contribution in [1.29, 1.82) is 0 Å². The maximum Gasteiger partial charge on any atom is 0.272 e. The minimum Gasteiger partial charge on any atom is -0.347 e. The van der Waals surface area contributed by atoms with E-state index in [0.29, 0.717) is 12.1 Å². The zero-order valence-electron chi connectivity index (χ0n) is 10.9. The maximum absolute atomic E-state index is 10.9. The summed E-state index contributed by atoms with van der Waals surface area (Å²) >= 11 is 0. The van der Waals surface area contributed by atoms with Crippen LogP contribution in [0, 0.1) is 17.0 Å². The fourth-order valence-corrected chi connectivity index (χ4v) is 1.85. The molecule has 100 valence electrons. The zero-order chi connectivity index (χ0) is 13.8. The van der Waals surface area contributed by atoms with E-state index in [4.69, 9.17) is 0 Å². The van der Waals surface area contributed by atoms with Crippen molar-refractivity contribution in [2.24, 2.45) is 0 Å². The van der Waals surface area contributed by atoms with Crippen LogP contribution in [0.1, 0.15) is 29.8 Å². The van der Waals surface area contributed by atoms with Gasteiger partial charge in [0.1, 0.15) is 0 Å². The van der Waals surface area contributed by atoms with Crippen LogP contribution >= 0.6 is 0 Å². The van der Waals surface area contributed by atoms with Gasteiger partial charge in [-0.05, 0) is 19.4 Å². The highest BCUT2D eigenvalue weighted by Gasteiger charge is 2.14. The van der Waals surface area contributed by atoms with Crippen molar-refractivity contribution in [3.05, 3.63) is 57.7 Å². The van der Waals surface area contributed by atoms with Crippen LogP contribution < -0.4 is 5.32 Å². The van der Waals surface area contributed by atoms with Gasteiger partial charge < -0.3 is 10.3 Å². The summed E-state index contributed by atoms with van der Waals surface area (Å²) in [5, 5.41) is 14.2. The molecule has 1 atom stereocenters. The molecular formula is C13H16N4O2. The zero-order valence-corrected chi connectivity index (χ0v) is 10.9. The molecule has 6 heteroatoms. The van der Waals surface area contributed by atoms with Crippen LogP contribution in [-0.2, 0) is 6.54 Å². The van der Waals surface area contributed by atoms with Crippen LogP contribution in [-0.4, -0.2) is 14.9 Å². The molecule has 1 unspecified atom stereocenters. The van der Waals surface area contributed by atoms with E-state index in [1.807, 2.05) is 13.0 Å². The number of aryl methyl sites for hydroxylation is 1. The monoisotopic (exact) mass is 260 g/mol. The molecule has 0 bridgehead atoms. The van der Waals surface area contributed by atoms with E-state index in [-0.39, 0.29) is 16.7 Å². The van der Waals surface area contributed by atoms with Crippen LogP contribution in [0.15, 0.2) is 30.7 Å². The quantitative estimate of drug-likeness (QED) is 0.639. The Bertz CT molecular complexity index is 566. The lowest BCUT2D eigenvalue weighted by molar-refractivity contribution is -0.385. The predicted octanol–water partition coefficient (Wildman–Crippen LogP) is 2.48. The third kappa shape index (κ3) is 3.17. The van der Waals surface area contributed by atoms with Gasteiger partial charge in [-0.2, -0.15) is 0 Å². The van der Waals surface area contributed by atoms with Crippen molar-refractivity contribution >= 4 is 5.69 Å². The number of rotatable bonds is 5. The minimum absolute atomic E-state index is 0.0302. The van der Waals surface area contributed by atoms with Gasteiger partial charge in [0.25, 0.3) is 5.69 Å². The number of nitro benzene ring substituents is 1. The van der Waals surface area contributed by atoms with E-state index in [0.717, 1.165) is 11.3 Å². The summed E-state index contributed by atoms with van der Waals surface area (Å²) in [5.41, 5.74) is 2.72. The van der Waals surface area contributed by atoms with Gasteiger partial charge in [-0.25, -0.2) is 4.98 Å². The Labute approximate surface area is 111 Å². The van der Waals surface area contributed by atoms with Crippen LogP contribution in [0.5, 0.6) is 0 Å². The lowest BCUT2D eigenvalue weighted by atomic mass is 10.0. The third-order valence-electron chi connectivity index (χ3n) is 3.08. The Hall–Kier alpha value is -2.21. The number of benzene rings is 1. The summed E-state index contributed by atoms with van der Waals surface area (Å²) in [4.78, 5) is 17.5. The summed E-state index contributed by atoms with van der Waals surface area (Å²) in [6, 6.07) is 5.34. The van der Waals surface area contributed by atoms with E-state index >= 15 is 0 Å². The SMILES string of the molecule is Cc1ccc(C(C)NCc2cnc[nH]2)cc1[N+](=O)[O-]. The maximum atomic E-state index is 10.9. The van der Waals surface area contributed by atoms with Gasteiger partial charge in [0.05, 0.1) is 11.3 Å². The summed E-state index contributed by atoms with van der Waals surface area (Å²) in [6.45, 7) is 4.36. The van der Waals surface area contributed by atoms with E-state index in [1.165, 1.54) is 0 Å². The summed E-state index contributed by atoms with van der Waals surface area (Å²) in [7, 11) is 0. The highest BCUT2D eigenvalue weighted by atomic mass is 16.6. The van der Waals surface area contributed by atoms with Gasteiger partial charge in [0.15, 0.2) is 0 Å². The second kappa shape index (κ2) is 5.62. The van der Waals surface area contributed by atoms with E-state index < -0.39 is 0 Å². The van der Waals surface area contributed by atoms with Gasteiger partial charge in [0.2, 0.25) is 0 Å². The summed E-state index contributed by atoms with van der Waals surface area (Å²) in [5.74, 6) is 0. The van der Waals surface area contributed by atoms with Crippen LogP contribution in [0.2, 0.25) is 0 Å². The number of nitrogens with one attached hydrogen (secondary N) is 2. The van der Waals surface area contributed by atoms with Crippen molar-refractivity contribution < 1.29 is 4.92 Å². The number of H-pyrrole nitrogens is 1. The Balaban J connectivity index is 2.08. The molecule has 1 heterocycles. The summed E-state index contributed by atoms with van der Waals surface area (Å²) < 4.78 is 0. The molecule has 0 radical (unpaired) electrons. The average molecular weight is 260 g/mol. The number of nitrogens with zero attached hydrogens (tertiary/aromatic N) is 2. The highest BCUT2D eigenvalue weighted by Crippen LogP contribution is 2.23. The van der Waals surface area contributed by atoms with Gasteiger partial charge in [-0.15, -0.1) is 0 Å². The molecule has 6 nitrogen and oxygen atoms in total. The topological polar surface area (TPSA) is 83.8 Å². The molecule has 2 N–H and O–H groups in total. The van der Waals surface area contributed by atoms with Gasteiger partial charge >= 0.3 is 0 Å². The van der Waals surface area contributed by atoms with Crippen molar-refractivity contribution in [1.82, 2.24) is 15.3 Å². The molecule has 19 heavy (non-hydrogen) atoms. The predicted molar refractivity (Wildman–Crippen MR) is 71.7 cm³/mol. The number of imidazole rings is 1. The Morgan fingerprint density at radius 2 is 2.32 bits per heavy atom. The molecular weight excluding hydrogens is 244 g/mol. The van der Waals surface area contributed by atoms with Crippen LogP contribution in [0.25, 0.3) is 0 Å². The molecule has 0 aliphatic rings. The highest BCUT2D eigenvalue weighted by molar-refractivity contribution is 5.43. The van der Waals surface area contributed by atoms with Crippen molar-refractivity contribution in [3.8, 4) is 0 Å². The normalized spacial score (nSPS) is 12.3. The fourth-order valence-electron chi connectivity index (χ4n) is 1.85. The lowest BCUT2D eigenvalue weighted by Crippen LogP contribution is -2.18. The van der Waals surface area contributed by atoms with Crippen molar-refractivity contribution in [2.45, 2.75) is 26.4 Å². The van der Waals surface area contributed by atoms with Crippen LogP contribution in [0.3, 0.4) is 0 Å². The lowest BCUT2D eigenvalue weighted by Gasteiger charge is -2.13. The Kier molecular flexibility index (Phi) is 3.91. The number of hydrogen-bond acceptors (Lipinski definition) is 4. The molecule has 2 rings (SSSR count). The molecule has 2 aromatic rings. The molecule has 0 saturated heterocycles. The Morgan fingerprint density at radius 1 is 1.53 bits per heavy atom. The summed E-state index contributed by atoms with van der Waals surface area (Å²) in [6.07, 6.45) is 3.37. The van der Waals surface area contributed by atoms with Crippen molar-refractivity contribution in [3.63, 3.8) is 0 Å². The number of aromatic amines is 1. The minimum atomic E-state index is -0.347. The standard InChI is InChI=1S/C13H16N4O2/c1-9-3-4-11(5-13(9)17(18)19)10(2)15-7-12-6-14-8-16-12/h3-6,8,10,15H,7H2,1-2H3,(H,14,16). The van der Waals surface area contributed by atoms with Gasteiger partial charge in [0, 0.05) is 36.1 Å². The van der Waals surface area contributed by atoms with Gasteiger partial charge in [-0.3, -0.25) is 10.1 Å². The molecule has 0 saturated carbocycles. The number of nitro groups is 1. The molecule has 0 spiro atoms. The third-order valence-corrected chi connectivity index (χ3v) is 3.08. The van der Waals surface area contributed by atoms with Crippen LogP contribution in [0.4, 0.5) is 5.69 Å². The largest absolute Gasteiger partial charge is 0.347 e. The molecule has 0 aliphatic carbocycles. The first kappa shape index (κ1) is 13.2. The van der Waals surface area contributed by atoms with E-state index in [1.54, 1.807) is 31.6 Å². The average Bonchev–Trinajstić information content (AvgIpc) is 2.89. The number of aromatic nitrogens is 2. The van der Waals surface area contributed by atoms with E-state index in [9.17, 15) is 10.1 Å². The second-order valence-corrected chi connectivity index (χ2v) is 4.48. The first-order chi connectivity index (χ1) is 9.08. The van der Waals surface area contributed by atoms with Crippen molar-refractivity contribution in [2.75, 3.05) is 0 Å². The molecule has 0 fully saturated rings. The second-order valence-electron chi connectivity index (χ2n) is 4.48. The fraction of sp³-hybridized carbons (Fsp3) is 0.308. The smallest absolute Gasteiger partial charge is 0.272 e. The number of hydrogen-bond donors (Lipinski definition) is 2. The Morgan fingerprint density at radius 3 is 2.95 bits per heavy atom. The first-order valence-electron chi connectivity index (χ1n) is 6.03. The molecule has 1 aromatic carbocycles.